The number of methoxy groups -OCH3 is 1. The number of hydrogen-bond donors (Lipinski definition) is 1. The number of fused-ring (bicyclic) bond motifs is 1. The molecule has 2 unspecified atom stereocenters. The first-order valence-electron chi connectivity index (χ1n) is 7.31. The predicted octanol–water partition coefficient (Wildman–Crippen LogP) is 3.82. The topological polar surface area (TPSA) is 21.3 Å². The summed E-state index contributed by atoms with van der Waals surface area (Å²) in [7, 11) is 3.45. The molecule has 1 aliphatic carbocycles. The van der Waals surface area contributed by atoms with Gasteiger partial charge >= 0.3 is 0 Å². The maximum atomic E-state index is 13.5. The normalized spacial score (nSPS) is 17.8. The van der Waals surface area contributed by atoms with Gasteiger partial charge in [0.05, 0.1) is 7.11 Å². The van der Waals surface area contributed by atoms with E-state index in [0.717, 1.165) is 18.4 Å². The summed E-state index contributed by atoms with van der Waals surface area (Å²) in [5.41, 5.74) is 3.97. The SMILES string of the molecule is CNC(CC1Cc2ccccc21)c1ccc(F)c(OC)c1. The smallest absolute Gasteiger partial charge is 0.165 e. The van der Waals surface area contributed by atoms with Crippen molar-refractivity contribution in [3.63, 3.8) is 0 Å². The second kappa shape index (κ2) is 5.86. The Labute approximate surface area is 125 Å². The molecule has 0 radical (unpaired) electrons. The molecular weight excluding hydrogens is 265 g/mol. The highest BCUT2D eigenvalue weighted by atomic mass is 19.1. The van der Waals surface area contributed by atoms with Crippen molar-refractivity contribution in [3.8, 4) is 5.75 Å². The molecule has 3 rings (SSSR count). The number of hydrogen-bond acceptors (Lipinski definition) is 2. The third-order valence-electron chi connectivity index (χ3n) is 4.41. The van der Waals surface area contributed by atoms with Crippen molar-refractivity contribution in [3.05, 3.63) is 65.0 Å². The van der Waals surface area contributed by atoms with Crippen LogP contribution in [-0.2, 0) is 6.42 Å². The molecule has 1 aliphatic rings. The molecule has 0 heterocycles. The van der Waals surface area contributed by atoms with Crippen LogP contribution in [0, 0.1) is 5.82 Å². The first-order chi connectivity index (χ1) is 10.2. The zero-order valence-corrected chi connectivity index (χ0v) is 12.4. The monoisotopic (exact) mass is 285 g/mol. The van der Waals surface area contributed by atoms with Crippen LogP contribution in [0.1, 0.15) is 35.1 Å². The number of rotatable bonds is 5. The molecule has 0 bridgehead atoms. The van der Waals surface area contributed by atoms with Crippen LogP contribution in [0.15, 0.2) is 42.5 Å². The molecular formula is C18H20FNO. The second-order valence-corrected chi connectivity index (χ2v) is 5.57. The highest BCUT2D eigenvalue weighted by Gasteiger charge is 2.28. The van der Waals surface area contributed by atoms with Crippen LogP contribution in [0.3, 0.4) is 0 Å². The quantitative estimate of drug-likeness (QED) is 0.901. The minimum atomic E-state index is -0.315. The molecule has 2 nitrogen and oxygen atoms in total. The minimum absolute atomic E-state index is 0.206. The fraction of sp³-hybridized carbons (Fsp3) is 0.333. The number of nitrogens with one attached hydrogen (secondary N) is 1. The summed E-state index contributed by atoms with van der Waals surface area (Å²) in [6.07, 6.45) is 2.15. The van der Waals surface area contributed by atoms with E-state index in [1.807, 2.05) is 13.1 Å². The van der Waals surface area contributed by atoms with Gasteiger partial charge in [0.2, 0.25) is 0 Å². The Kier molecular flexibility index (Phi) is 3.93. The Morgan fingerprint density at radius 1 is 1.29 bits per heavy atom. The first kappa shape index (κ1) is 14.1. The van der Waals surface area contributed by atoms with Gasteiger partial charge in [0.1, 0.15) is 0 Å². The standard InChI is InChI=1S/C18H20FNO/c1-20-17(13-7-8-16(19)18(11-13)21-2)10-14-9-12-5-3-4-6-15(12)14/h3-8,11,14,17,20H,9-10H2,1-2H3. The molecule has 3 heteroatoms. The van der Waals surface area contributed by atoms with Crippen molar-refractivity contribution in [1.82, 2.24) is 5.32 Å². The molecule has 0 saturated carbocycles. The average molecular weight is 285 g/mol. The Morgan fingerprint density at radius 2 is 2.10 bits per heavy atom. The molecule has 0 fully saturated rings. The Balaban J connectivity index is 1.77. The molecule has 2 atom stereocenters. The third-order valence-corrected chi connectivity index (χ3v) is 4.41. The zero-order chi connectivity index (χ0) is 14.8. The maximum absolute atomic E-state index is 13.5. The number of halogens is 1. The Hall–Kier alpha value is -1.87. The summed E-state index contributed by atoms with van der Waals surface area (Å²) >= 11 is 0. The number of ether oxygens (including phenoxy) is 1. The van der Waals surface area contributed by atoms with Crippen molar-refractivity contribution in [2.75, 3.05) is 14.2 Å². The van der Waals surface area contributed by atoms with Gasteiger partial charge in [-0.3, -0.25) is 0 Å². The molecule has 0 aromatic heterocycles. The van der Waals surface area contributed by atoms with Gasteiger partial charge in [-0.05, 0) is 54.6 Å². The minimum Gasteiger partial charge on any atom is -0.494 e. The summed E-state index contributed by atoms with van der Waals surface area (Å²) < 4.78 is 18.6. The highest BCUT2D eigenvalue weighted by Crippen LogP contribution is 2.41. The fourth-order valence-electron chi connectivity index (χ4n) is 3.17. The van der Waals surface area contributed by atoms with Crippen LogP contribution in [0.4, 0.5) is 4.39 Å². The zero-order valence-electron chi connectivity index (χ0n) is 12.4. The summed E-state index contributed by atoms with van der Waals surface area (Å²) in [6, 6.07) is 13.9. The van der Waals surface area contributed by atoms with Gasteiger partial charge in [0.15, 0.2) is 11.6 Å². The third kappa shape index (κ3) is 2.66. The van der Waals surface area contributed by atoms with Gasteiger partial charge in [-0.15, -0.1) is 0 Å². The first-order valence-corrected chi connectivity index (χ1v) is 7.31. The van der Waals surface area contributed by atoms with Crippen LogP contribution in [-0.4, -0.2) is 14.2 Å². The van der Waals surface area contributed by atoms with Gasteiger partial charge in [0.25, 0.3) is 0 Å². The summed E-state index contributed by atoms with van der Waals surface area (Å²) in [5.74, 6) is 0.571. The van der Waals surface area contributed by atoms with E-state index in [0.29, 0.717) is 11.7 Å². The van der Waals surface area contributed by atoms with Gasteiger partial charge in [-0.1, -0.05) is 30.3 Å². The van der Waals surface area contributed by atoms with Crippen LogP contribution in [0.25, 0.3) is 0 Å². The maximum Gasteiger partial charge on any atom is 0.165 e. The van der Waals surface area contributed by atoms with Crippen LogP contribution in [0.5, 0.6) is 5.75 Å². The van der Waals surface area contributed by atoms with Crippen LogP contribution < -0.4 is 10.1 Å². The van der Waals surface area contributed by atoms with E-state index >= 15 is 0 Å². The van der Waals surface area contributed by atoms with Crippen molar-refractivity contribution in [1.29, 1.82) is 0 Å². The van der Waals surface area contributed by atoms with E-state index in [4.69, 9.17) is 4.74 Å². The Morgan fingerprint density at radius 3 is 2.81 bits per heavy atom. The lowest BCUT2D eigenvalue weighted by Gasteiger charge is -2.33. The average Bonchev–Trinajstić information content (AvgIpc) is 2.49. The molecule has 110 valence electrons. The lowest BCUT2D eigenvalue weighted by atomic mass is 9.74. The second-order valence-electron chi connectivity index (χ2n) is 5.57. The largest absolute Gasteiger partial charge is 0.494 e. The predicted molar refractivity (Wildman–Crippen MR) is 82.3 cm³/mol. The van der Waals surface area contributed by atoms with E-state index in [9.17, 15) is 4.39 Å². The van der Waals surface area contributed by atoms with Crippen molar-refractivity contribution in [2.45, 2.75) is 24.8 Å². The van der Waals surface area contributed by atoms with Crippen LogP contribution >= 0.6 is 0 Å². The van der Waals surface area contributed by atoms with Crippen LogP contribution in [0.2, 0.25) is 0 Å². The lowest BCUT2D eigenvalue weighted by Crippen LogP contribution is -2.25. The molecule has 1 N–H and O–H groups in total. The summed E-state index contributed by atoms with van der Waals surface area (Å²) in [5, 5.41) is 3.34. The van der Waals surface area contributed by atoms with E-state index < -0.39 is 0 Å². The van der Waals surface area contributed by atoms with E-state index in [-0.39, 0.29) is 11.9 Å². The van der Waals surface area contributed by atoms with Gasteiger partial charge < -0.3 is 10.1 Å². The van der Waals surface area contributed by atoms with E-state index in [2.05, 4.69) is 29.6 Å². The molecule has 0 saturated heterocycles. The van der Waals surface area contributed by atoms with Crippen molar-refractivity contribution >= 4 is 0 Å². The Bertz CT molecular complexity index is 641. The van der Waals surface area contributed by atoms with E-state index in [1.165, 1.54) is 24.3 Å². The van der Waals surface area contributed by atoms with Crippen molar-refractivity contribution < 1.29 is 9.13 Å². The summed E-state index contributed by atoms with van der Waals surface area (Å²) in [6.45, 7) is 0. The van der Waals surface area contributed by atoms with Gasteiger partial charge in [-0.2, -0.15) is 0 Å². The highest BCUT2D eigenvalue weighted by molar-refractivity contribution is 5.40. The van der Waals surface area contributed by atoms with E-state index in [1.54, 1.807) is 6.07 Å². The summed E-state index contributed by atoms with van der Waals surface area (Å²) in [4.78, 5) is 0. The molecule has 0 amide bonds. The molecule has 2 aromatic carbocycles. The van der Waals surface area contributed by atoms with Gasteiger partial charge in [-0.25, -0.2) is 4.39 Å². The molecule has 2 aromatic rings. The number of benzene rings is 2. The van der Waals surface area contributed by atoms with Crippen molar-refractivity contribution in [2.24, 2.45) is 0 Å². The molecule has 21 heavy (non-hydrogen) atoms. The molecule has 0 spiro atoms. The molecule has 0 aliphatic heterocycles. The fourth-order valence-corrected chi connectivity index (χ4v) is 3.17. The van der Waals surface area contributed by atoms with Gasteiger partial charge in [0, 0.05) is 6.04 Å². The lowest BCUT2D eigenvalue weighted by molar-refractivity contribution is 0.383.